The molecule has 0 spiro atoms. The van der Waals surface area contributed by atoms with Crippen LogP contribution in [0.2, 0.25) is 0 Å². The zero-order valence-electron chi connectivity index (χ0n) is 8.18. The van der Waals surface area contributed by atoms with E-state index in [0.29, 0.717) is 5.92 Å². The van der Waals surface area contributed by atoms with E-state index in [4.69, 9.17) is 4.74 Å². The molecule has 0 aromatic carbocycles. The van der Waals surface area contributed by atoms with E-state index in [1.54, 1.807) is 0 Å². The number of hydrogen-bond donors (Lipinski definition) is 1. The summed E-state index contributed by atoms with van der Waals surface area (Å²) in [6.07, 6.45) is 6.69. The summed E-state index contributed by atoms with van der Waals surface area (Å²) in [5.74, 6) is 0.662. The topological polar surface area (TPSA) is 9.23 Å². The maximum Gasteiger partial charge on any atom is 0.110 e. The van der Waals surface area contributed by atoms with Gasteiger partial charge in [0, 0.05) is 6.61 Å². The molecule has 0 heterocycles. The van der Waals surface area contributed by atoms with Crippen molar-refractivity contribution in [3.05, 3.63) is 0 Å². The highest BCUT2D eigenvalue weighted by Crippen LogP contribution is 2.37. The number of rotatable bonds is 3. The first kappa shape index (κ1) is 10.4. The van der Waals surface area contributed by atoms with Gasteiger partial charge in [-0.2, -0.15) is 0 Å². The van der Waals surface area contributed by atoms with Crippen LogP contribution in [0.1, 0.15) is 46.0 Å². The molecule has 72 valence electrons. The van der Waals surface area contributed by atoms with Crippen LogP contribution in [0, 0.1) is 5.92 Å². The lowest BCUT2D eigenvalue weighted by Crippen LogP contribution is -2.33. The van der Waals surface area contributed by atoms with Crippen molar-refractivity contribution in [2.24, 2.45) is 5.92 Å². The van der Waals surface area contributed by atoms with Gasteiger partial charge in [-0.25, -0.2) is 0 Å². The quantitative estimate of drug-likeness (QED) is 0.528. The summed E-state index contributed by atoms with van der Waals surface area (Å²) in [6, 6.07) is 0. The minimum atomic E-state index is -0.185. The van der Waals surface area contributed by atoms with Crippen molar-refractivity contribution < 1.29 is 4.74 Å². The average Bonchev–Trinajstić information content (AvgIpc) is 2.06. The summed E-state index contributed by atoms with van der Waals surface area (Å²) < 4.78 is 5.63. The molecule has 1 fully saturated rings. The number of thiol groups is 1. The molecule has 0 saturated heterocycles. The minimum Gasteiger partial charge on any atom is -0.365 e. The Morgan fingerprint density at radius 1 is 1.33 bits per heavy atom. The predicted octanol–water partition coefficient (Wildman–Crippen LogP) is 3.25. The van der Waals surface area contributed by atoms with Crippen LogP contribution in [-0.2, 0) is 4.74 Å². The Labute approximate surface area is 81.3 Å². The highest BCUT2D eigenvalue weighted by molar-refractivity contribution is 7.81. The maximum atomic E-state index is 5.63. The largest absolute Gasteiger partial charge is 0.365 e. The van der Waals surface area contributed by atoms with Crippen molar-refractivity contribution in [1.82, 2.24) is 0 Å². The van der Waals surface area contributed by atoms with Gasteiger partial charge in [-0.15, -0.1) is 12.6 Å². The molecule has 1 aliphatic rings. The molecule has 0 aromatic rings. The summed E-state index contributed by atoms with van der Waals surface area (Å²) >= 11 is 4.59. The molecule has 1 nitrogen and oxygen atoms in total. The predicted molar refractivity (Wildman–Crippen MR) is 55.6 cm³/mol. The normalized spacial score (nSPS) is 25.2. The van der Waals surface area contributed by atoms with E-state index in [0.717, 1.165) is 6.61 Å². The molecule has 0 aliphatic heterocycles. The summed E-state index contributed by atoms with van der Waals surface area (Å²) in [7, 11) is 0. The minimum absolute atomic E-state index is 0.185. The fraction of sp³-hybridized carbons (Fsp3) is 1.00. The zero-order chi connectivity index (χ0) is 9.03. The van der Waals surface area contributed by atoms with E-state index in [1.807, 2.05) is 6.92 Å². The van der Waals surface area contributed by atoms with Crippen molar-refractivity contribution >= 4 is 12.6 Å². The van der Waals surface area contributed by atoms with Gasteiger partial charge in [0.05, 0.1) is 0 Å². The van der Waals surface area contributed by atoms with E-state index >= 15 is 0 Å². The summed E-state index contributed by atoms with van der Waals surface area (Å²) in [4.78, 5) is -0.185. The summed E-state index contributed by atoms with van der Waals surface area (Å²) in [5.41, 5.74) is 0. The third kappa shape index (κ3) is 2.67. The smallest absolute Gasteiger partial charge is 0.110 e. The Kier molecular flexibility index (Phi) is 3.91. The molecule has 2 heteroatoms. The van der Waals surface area contributed by atoms with Crippen molar-refractivity contribution in [3.8, 4) is 0 Å². The first-order chi connectivity index (χ1) is 5.67. The van der Waals surface area contributed by atoms with Gasteiger partial charge in [-0.3, -0.25) is 0 Å². The fourth-order valence-corrected chi connectivity index (χ4v) is 2.44. The molecule has 1 unspecified atom stereocenters. The van der Waals surface area contributed by atoms with E-state index in [2.05, 4.69) is 19.6 Å². The van der Waals surface area contributed by atoms with Crippen molar-refractivity contribution in [3.63, 3.8) is 0 Å². The molecule has 12 heavy (non-hydrogen) atoms. The Morgan fingerprint density at radius 2 is 1.92 bits per heavy atom. The molecule has 1 aliphatic carbocycles. The monoisotopic (exact) mass is 188 g/mol. The van der Waals surface area contributed by atoms with Crippen molar-refractivity contribution in [2.75, 3.05) is 6.61 Å². The highest BCUT2D eigenvalue weighted by atomic mass is 32.1. The molecule has 0 bridgehead atoms. The average molecular weight is 188 g/mol. The Morgan fingerprint density at radius 3 is 2.42 bits per heavy atom. The molecular formula is C10H20OS. The lowest BCUT2D eigenvalue weighted by atomic mass is 9.85. The lowest BCUT2D eigenvalue weighted by Gasteiger charge is -2.35. The molecule has 0 aromatic heterocycles. The van der Waals surface area contributed by atoms with Gasteiger partial charge >= 0.3 is 0 Å². The molecule has 0 N–H and O–H groups in total. The van der Waals surface area contributed by atoms with Crippen LogP contribution < -0.4 is 0 Å². The van der Waals surface area contributed by atoms with Gasteiger partial charge < -0.3 is 4.74 Å². The third-order valence-corrected chi connectivity index (χ3v) is 3.29. The molecular weight excluding hydrogens is 168 g/mol. The van der Waals surface area contributed by atoms with Crippen LogP contribution in [0.3, 0.4) is 0 Å². The molecule has 0 amide bonds. The molecule has 1 saturated carbocycles. The second-order valence-electron chi connectivity index (χ2n) is 3.82. The van der Waals surface area contributed by atoms with Crippen LogP contribution in [0.15, 0.2) is 0 Å². The van der Waals surface area contributed by atoms with E-state index in [-0.39, 0.29) is 4.93 Å². The van der Waals surface area contributed by atoms with E-state index in [1.165, 1.54) is 32.1 Å². The molecule has 1 rings (SSSR count). The van der Waals surface area contributed by atoms with Crippen LogP contribution in [-0.4, -0.2) is 11.5 Å². The standard InChI is InChI=1S/C10H20OS/c1-3-11-10(2,12)9-7-5-4-6-8-9/h9,12H,3-8H2,1-2H3. The van der Waals surface area contributed by atoms with Gasteiger partial charge in [0.15, 0.2) is 0 Å². The first-order valence-electron chi connectivity index (χ1n) is 5.03. The lowest BCUT2D eigenvalue weighted by molar-refractivity contribution is -0.00616. The van der Waals surface area contributed by atoms with Gasteiger partial charge in [0.2, 0.25) is 0 Å². The number of ether oxygens (including phenoxy) is 1. The summed E-state index contributed by atoms with van der Waals surface area (Å²) in [6.45, 7) is 4.92. The Hall–Kier alpha value is 0.310. The molecule has 0 radical (unpaired) electrons. The second-order valence-corrected chi connectivity index (χ2v) is 4.71. The summed E-state index contributed by atoms with van der Waals surface area (Å²) in [5, 5.41) is 0. The van der Waals surface area contributed by atoms with Crippen LogP contribution in [0.25, 0.3) is 0 Å². The fourth-order valence-electron chi connectivity index (χ4n) is 2.05. The van der Waals surface area contributed by atoms with Crippen LogP contribution in [0.4, 0.5) is 0 Å². The van der Waals surface area contributed by atoms with Crippen molar-refractivity contribution in [1.29, 1.82) is 0 Å². The second kappa shape index (κ2) is 4.52. The van der Waals surface area contributed by atoms with E-state index in [9.17, 15) is 0 Å². The maximum absolute atomic E-state index is 5.63. The van der Waals surface area contributed by atoms with Gasteiger partial charge in [-0.1, -0.05) is 19.3 Å². The zero-order valence-corrected chi connectivity index (χ0v) is 9.07. The number of hydrogen-bond acceptors (Lipinski definition) is 2. The van der Waals surface area contributed by atoms with E-state index < -0.39 is 0 Å². The molecule has 1 atom stereocenters. The first-order valence-corrected chi connectivity index (χ1v) is 5.48. The Bertz CT molecular complexity index is 128. The van der Waals surface area contributed by atoms with Crippen molar-refractivity contribution in [2.45, 2.75) is 50.9 Å². The van der Waals surface area contributed by atoms with Gasteiger partial charge in [0.1, 0.15) is 4.93 Å². The Balaban J connectivity index is 2.41. The van der Waals surface area contributed by atoms with Gasteiger partial charge in [-0.05, 0) is 32.6 Å². The van der Waals surface area contributed by atoms with Gasteiger partial charge in [0.25, 0.3) is 0 Å². The van der Waals surface area contributed by atoms with Crippen LogP contribution >= 0.6 is 12.6 Å². The third-order valence-electron chi connectivity index (χ3n) is 2.80. The SMILES string of the molecule is CCOC(C)(S)C1CCCCC1. The van der Waals surface area contributed by atoms with Crippen LogP contribution in [0.5, 0.6) is 0 Å². The highest BCUT2D eigenvalue weighted by Gasteiger charge is 2.31.